The molecule has 0 spiro atoms. The van der Waals surface area contributed by atoms with Gasteiger partial charge in [0.2, 0.25) is 12.1 Å². The number of nitrogens with one attached hydrogen (secondary N) is 4. The average Bonchev–Trinajstić information content (AvgIpc) is 3.23. The van der Waals surface area contributed by atoms with Crippen molar-refractivity contribution in [3.05, 3.63) is 139 Å². The zero-order chi connectivity index (χ0) is 46.8. The number of benzene rings is 5. The number of amides is 4. The molecule has 64 heavy (non-hydrogen) atoms. The number of nitrogens with zero attached hydrogens (tertiary/aromatic N) is 4. The Labute approximate surface area is 397 Å². The fourth-order valence-electron chi connectivity index (χ4n) is 5.61. The van der Waals surface area contributed by atoms with Crippen LogP contribution in [0.3, 0.4) is 0 Å². The van der Waals surface area contributed by atoms with Crippen LogP contribution in [0, 0.1) is 0 Å². The van der Waals surface area contributed by atoms with Gasteiger partial charge in [-0.05, 0) is 112 Å². The van der Waals surface area contributed by atoms with Crippen molar-refractivity contribution in [3.63, 3.8) is 0 Å². The molecule has 0 heterocycles. The first kappa shape index (κ1) is 49.3. The van der Waals surface area contributed by atoms with Crippen LogP contribution in [0.25, 0.3) is 0 Å². The van der Waals surface area contributed by atoms with E-state index < -0.39 is 47.3 Å². The maximum absolute atomic E-state index is 13.3. The number of hydrogen-bond donors (Lipinski definition) is 4. The van der Waals surface area contributed by atoms with Gasteiger partial charge in [0.05, 0.1) is 59.0 Å². The van der Waals surface area contributed by atoms with Crippen molar-refractivity contribution in [1.29, 1.82) is 0 Å². The molecule has 5 aromatic carbocycles. The van der Waals surface area contributed by atoms with Gasteiger partial charge in [-0.1, -0.05) is 70.7 Å². The highest BCUT2D eigenvalue weighted by Crippen LogP contribution is 2.35. The molecule has 0 fully saturated rings. The second-order valence-corrected chi connectivity index (χ2v) is 16.9. The van der Waals surface area contributed by atoms with Gasteiger partial charge in [-0.3, -0.25) is 28.8 Å². The average molecular weight is 986 g/mol. The molecule has 0 aliphatic rings. The third-order valence-corrected chi connectivity index (χ3v) is 10.8. The Morgan fingerprint density at radius 2 is 0.844 bits per heavy atom. The van der Waals surface area contributed by atoms with Crippen molar-refractivity contribution >= 4 is 139 Å². The molecule has 0 aliphatic heterocycles. The van der Waals surface area contributed by atoms with Crippen LogP contribution >= 0.6 is 69.6 Å². The fourth-order valence-corrected chi connectivity index (χ4v) is 6.89. The van der Waals surface area contributed by atoms with Crippen LogP contribution in [0.4, 0.5) is 34.1 Å². The molecule has 5 rings (SSSR count). The molecule has 4 amide bonds. The zero-order valence-electron chi connectivity index (χ0n) is 34.1. The monoisotopic (exact) mass is 982 g/mol. The Morgan fingerprint density at radius 1 is 0.469 bits per heavy atom. The largest absolute Gasteiger partial charge is 0.324 e. The van der Waals surface area contributed by atoms with Crippen LogP contribution in [0.15, 0.2) is 118 Å². The lowest BCUT2D eigenvalue weighted by molar-refractivity contribution is -0.127. The molecule has 20 heteroatoms. The topological polar surface area (TPSA) is 200 Å². The summed E-state index contributed by atoms with van der Waals surface area (Å²) >= 11 is 37.8. The van der Waals surface area contributed by atoms with E-state index in [1.165, 1.54) is 48.5 Å². The van der Waals surface area contributed by atoms with Gasteiger partial charge in [-0.15, -0.1) is 23.2 Å². The van der Waals surface area contributed by atoms with Crippen LogP contribution < -0.4 is 21.3 Å². The Balaban J connectivity index is 1.24. The van der Waals surface area contributed by atoms with Crippen molar-refractivity contribution in [1.82, 2.24) is 0 Å². The van der Waals surface area contributed by atoms with E-state index in [-0.39, 0.29) is 64.7 Å². The van der Waals surface area contributed by atoms with Crippen LogP contribution in [-0.2, 0) is 19.2 Å². The third-order valence-electron chi connectivity index (χ3n) is 9.05. The lowest BCUT2D eigenvalue weighted by Gasteiger charge is -2.15. The number of anilines is 4. The minimum Gasteiger partial charge on any atom is -0.324 e. The summed E-state index contributed by atoms with van der Waals surface area (Å²) in [6, 6.07) is 21.4. The minimum absolute atomic E-state index is 0.0192. The van der Waals surface area contributed by atoms with Gasteiger partial charge in [0.25, 0.3) is 23.6 Å². The summed E-state index contributed by atoms with van der Waals surface area (Å²) in [5, 5.41) is 25.8. The van der Waals surface area contributed by atoms with Crippen molar-refractivity contribution in [2.24, 2.45) is 20.5 Å². The van der Waals surface area contributed by atoms with Gasteiger partial charge in [-0.25, -0.2) is 0 Å². The van der Waals surface area contributed by atoms with Crippen molar-refractivity contribution in [2.45, 2.75) is 50.5 Å². The molecule has 330 valence electrons. The SMILES string of the molecule is CC(=O)C(N=Nc1ccc(Cl)c(C(=O)Nc2ccc(C(C)Cl)cc2)c1)C(=O)Nc1cc(Cl)c(NC(=O)C(N=Nc2ccc(Cl)c(C(=O)Nc3ccc(C(C)Cl)cc3)c2)C(C)=O)c(Cl)c1. The molecule has 4 unspecified atom stereocenters. The van der Waals surface area contributed by atoms with Gasteiger partial charge in [0, 0.05) is 17.1 Å². The molecule has 0 aliphatic carbocycles. The predicted molar refractivity (Wildman–Crippen MR) is 252 cm³/mol. The molecule has 4 N–H and O–H groups in total. The highest BCUT2D eigenvalue weighted by atomic mass is 35.5. The molecule has 0 saturated heterocycles. The number of carbonyl (C=O) groups excluding carboxylic acids is 6. The summed E-state index contributed by atoms with van der Waals surface area (Å²) in [6.45, 7) is 5.90. The van der Waals surface area contributed by atoms with E-state index in [9.17, 15) is 28.8 Å². The van der Waals surface area contributed by atoms with Gasteiger partial charge >= 0.3 is 0 Å². The third kappa shape index (κ3) is 13.2. The Morgan fingerprint density at radius 3 is 1.20 bits per heavy atom. The molecule has 4 atom stereocenters. The van der Waals surface area contributed by atoms with Gasteiger partial charge < -0.3 is 21.3 Å². The smallest absolute Gasteiger partial charge is 0.258 e. The van der Waals surface area contributed by atoms with Gasteiger partial charge in [-0.2, -0.15) is 20.5 Å². The summed E-state index contributed by atoms with van der Waals surface area (Å²) in [5.41, 5.74) is 2.97. The van der Waals surface area contributed by atoms with Gasteiger partial charge in [0.15, 0.2) is 11.6 Å². The predicted octanol–water partition coefficient (Wildman–Crippen LogP) is 12.8. The second-order valence-electron chi connectivity index (χ2n) is 14.0. The fraction of sp³-hybridized carbons (Fsp3) is 0.182. The standard InChI is InChI=1S/C44H36Cl6N8O6/c1-21(45)25-5-9-27(10-6-25)51-41(61)32-17-29(13-15-34(32)47)55-57-38(23(3)59)43(63)53-31-19-36(49)40(37(50)20-31)54-44(64)39(24(4)60)58-56-30-14-16-35(48)33(18-30)42(62)52-28-11-7-26(8-12-28)22(2)46/h5-22,38-39H,1-4H3,(H,51,61)(H,52,62)(H,53,63)(H,54,64). The number of carbonyl (C=O) groups is 6. The number of halogens is 6. The van der Waals surface area contributed by atoms with Crippen LogP contribution in [0.1, 0.15) is 70.3 Å². The summed E-state index contributed by atoms with van der Waals surface area (Å²) in [6.07, 6.45) is 0. The Hall–Kier alpha value is -5.74. The van der Waals surface area contributed by atoms with E-state index in [1.807, 2.05) is 13.8 Å². The molecule has 5 aromatic rings. The minimum atomic E-state index is -1.67. The first-order valence-electron chi connectivity index (χ1n) is 18.9. The quantitative estimate of drug-likeness (QED) is 0.0430. The number of azo groups is 2. The summed E-state index contributed by atoms with van der Waals surface area (Å²) in [4.78, 5) is 77.8. The van der Waals surface area contributed by atoms with Crippen LogP contribution in [-0.4, -0.2) is 47.3 Å². The first-order chi connectivity index (χ1) is 30.3. The number of rotatable bonds is 16. The van der Waals surface area contributed by atoms with Crippen LogP contribution in [0.5, 0.6) is 0 Å². The molecular formula is C44H36Cl6N8O6. The van der Waals surface area contributed by atoms with Crippen molar-refractivity contribution in [3.8, 4) is 0 Å². The molecular weight excluding hydrogens is 949 g/mol. The van der Waals surface area contributed by atoms with E-state index in [4.69, 9.17) is 69.6 Å². The highest BCUT2D eigenvalue weighted by Gasteiger charge is 2.27. The lowest BCUT2D eigenvalue weighted by atomic mass is 10.1. The number of alkyl halides is 2. The molecule has 0 aromatic heterocycles. The molecule has 0 bridgehead atoms. The number of Topliss-reactive ketones (excluding diaryl/α,β-unsaturated/α-hetero) is 2. The Kier molecular flexibility index (Phi) is 17.1. The normalized spacial score (nSPS) is 13.2. The number of ketones is 2. The van der Waals surface area contributed by atoms with Gasteiger partial charge in [0.1, 0.15) is 0 Å². The molecule has 0 saturated carbocycles. The summed E-state index contributed by atoms with van der Waals surface area (Å²) in [7, 11) is 0. The van der Waals surface area contributed by atoms with Crippen molar-refractivity contribution < 1.29 is 28.8 Å². The molecule has 14 nitrogen and oxygen atoms in total. The molecule has 0 radical (unpaired) electrons. The summed E-state index contributed by atoms with van der Waals surface area (Å²) in [5.74, 6) is -4.30. The maximum Gasteiger partial charge on any atom is 0.258 e. The second kappa shape index (κ2) is 22.2. The zero-order valence-corrected chi connectivity index (χ0v) is 38.6. The van der Waals surface area contributed by atoms with E-state index in [0.717, 1.165) is 25.0 Å². The number of hydrogen-bond acceptors (Lipinski definition) is 10. The van der Waals surface area contributed by atoms with E-state index >= 15 is 0 Å². The van der Waals surface area contributed by atoms with E-state index in [1.54, 1.807) is 48.5 Å². The lowest BCUT2D eigenvalue weighted by Crippen LogP contribution is -2.32. The van der Waals surface area contributed by atoms with E-state index in [2.05, 4.69) is 41.7 Å². The Bertz CT molecular complexity index is 2650. The maximum atomic E-state index is 13.3. The van der Waals surface area contributed by atoms with Crippen LogP contribution in [0.2, 0.25) is 20.1 Å². The first-order valence-corrected chi connectivity index (χ1v) is 21.3. The van der Waals surface area contributed by atoms with Crippen molar-refractivity contribution in [2.75, 3.05) is 21.3 Å². The highest BCUT2D eigenvalue weighted by molar-refractivity contribution is 6.40. The van der Waals surface area contributed by atoms with E-state index in [0.29, 0.717) is 11.4 Å². The summed E-state index contributed by atoms with van der Waals surface area (Å²) < 4.78 is 0.